The second kappa shape index (κ2) is 12.9. The van der Waals surface area contributed by atoms with Gasteiger partial charge in [0, 0.05) is 22.5 Å². The molecule has 0 spiro atoms. The zero-order valence-electron chi connectivity index (χ0n) is 24.2. The lowest BCUT2D eigenvalue weighted by Crippen LogP contribution is -2.37. The quantitative estimate of drug-likeness (QED) is 0.153. The second-order valence-corrected chi connectivity index (χ2v) is 11.0. The number of benzene rings is 6. The van der Waals surface area contributed by atoms with Gasteiger partial charge in [-0.1, -0.05) is 121 Å². The lowest BCUT2D eigenvalue weighted by Gasteiger charge is -2.22. The van der Waals surface area contributed by atoms with Crippen molar-refractivity contribution in [3.05, 3.63) is 145 Å². The molecule has 2 atom stereocenters. The van der Waals surface area contributed by atoms with E-state index in [2.05, 4.69) is 10.6 Å². The summed E-state index contributed by atoms with van der Waals surface area (Å²) in [5.74, 6) is -0.581. The molecular formula is C38H34N4O2. The van der Waals surface area contributed by atoms with Crippen molar-refractivity contribution in [3.8, 4) is 11.1 Å². The fourth-order valence-corrected chi connectivity index (χ4v) is 5.66. The molecule has 0 aliphatic carbocycles. The van der Waals surface area contributed by atoms with E-state index in [1.165, 1.54) is 0 Å². The summed E-state index contributed by atoms with van der Waals surface area (Å²) in [5, 5.41) is 10.1. The first-order chi connectivity index (χ1) is 21.5. The molecule has 6 aromatic carbocycles. The number of hydrogen-bond donors (Lipinski definition) is 4. The van der Waals surface area contributed by atoms with Crippen molar-refractivity contribution in [2.24, 2.45) is 11.5 Å². The third-order valence-electron chi connectivity index (χ3n) is 7.89. The zero-order chi connectivity index (χ0) is 30.5. The predicted molar refractivity (Wildman–Crippen MR) is 180 cm³/mol. The van der Waals surface area contributed by atoms with Crippen molar-refractivity contribution in [3.63, 3.8) is 0 Å². The van der Waals surface area contributed by atoms with Gasteiger partial charge in [-0.2, -0.15) is 0 Å². The van der Waals surface area contributed by atoms with Gasteiger partial charge in [0.15, 0.2) is 0 Å². The fraction of sp³-hybridized carbons (Fsp3) is 0.105. The normalized spacial score (nSPS) is 12.5. The van der Waals surface area contributed by atoms with Crippen LogP contribution in [0.2, 0.25) is 0 Å². The molecule has 0 fully saturated rings. The summed E-state index contributed by atoms with van der Waals surface area (Å²) in [6.45, 7) is 0. The van der Waals surface area contributed by atoms with Gasteiger partial charge in [-0.05, 0) is 57.6 Å². The van der Waals surface area contributed by atoms with Crippen molar-refractivity contribution in [2.45, 2.75) is 24.9 Å². The maximum absolute atomic E-state index is 13.5. The Kier molecular flexibility index (Phi) is 8.46. The van der Waals surface area contributed by atoms with Crippen LogP contribution in [0.15, 0.2) is 133 Å². The van der Waals surface area contributed by atoms with Crippen molar-refractivity contribution in [1.82, 2.24) is 0 Å². The largest absolute Gasteiger partial charge is 0.324 e. The molecule has 6 nitrogen and oxygen atoms in total. The minimum absolute atomic E-state index is 0.291. The Morgan fingerprint density at radius 2 is 0.841 bits per heavy atom. The zero-order valence-corrected chi connectivity index (χ0v) is 24.2. The van der Waals surface area contributed by atoms with Gasteiger partial charge < -0.3 is 22.1 Å². The van der Waals surface area contributed by atoms with E-state index in [1.807, 2.05) is 133 Å². The van der Waals surface area contributed by atoms with Crippen LogP contribution in [0.25, 0.3) is 32.7 Å². The number of anilines is 2. The van der Waals surface area contributed by atoms with E-state index in [0.29, 0.717) is 24.2 Å². The standard InChI is InChI=1S/C38H34N4O2/c39-31(23-25-11-3-1-4-12-25)37(43)41-33-21-19-27-15-7-9-17-29(27)35(33)36-30-18-10-8-16-28(30)20-22-34(36)42-38(44)32(40)24-26-13-5-2-6-14-26/h1-22,31-32H,23-24,39-40H2,(H,41,43)(H,42,44)/t31-,32-/m0/s1. The molecule has 0 aliphatic rings. The van der Waals surface area contributed by atoms with Gasteiger partial charge in [-0.3, -0.25) is 9.59 Å². The lowest BCUT2D eigenvalue weighted by atomic mass is 9.90. The smallest absolute Gasteiger partial charge is 0.241 e. The number of fused-ring (bicyclic) bond motifs is 2. The summed E-state index contributed by atoms with van der Waals surface area (Å²) in [5.41, 5.74) is 17.6. The molecule has 0 saturated heterocycles. The summed E-state index contributed by atoms with van der Waals surface area (Å²) in [7, 11) is 0. The highest BCUT2D eigenvalue weighted by Crippen LogP contribution is 2.43. The Bertz CT molecular complexity index is 1800. The van der Waals surface area contributed by atoms with Crippen LogP contribution >= 0.6 is 0 Å². The Morgan fingerprint density at radius 3 is 1.25 bits per heavy atom. The van der Waals surface area contributed by atoms with Gasteiger partial charge in [0.1, 0.15) is 0 Å². The maximum atomic E-state index is 13.5. The summed E-state index contributed by atoms with van der Waals surface area (Å²) >= 11 is 0. The van der Waals surface area contributed by atoms with E-state index < -0.39 is 12.1 Å². The van der Waals surface area contributed by atoms with Gasteiger partial charge in [-0.15, -0.1) is 0 Å². The van der Waals surface area contributed by atoms with Crippen molar-refractivity contribution < 1.29 is 9.59 Å². The number of carbonyl (C=O) groups is 2. The van der Waals surface area contributed by atoms with Gasteiger partial charge in [0.2, 0.25) is 11.8 Å². The minimum atomic E-state index is -0.751. The molecule has 44 heavy (non-hydrogen) atoms. The second-order valence-electron chi connectivity index (χ2n) is 11.0. The Hall–Kier alpha value is -5.30. The Morgan fingerprint density at radius 1 is 0.477 bits per heavy atom. The molecule has 0 aromatic heterocycles. The lowest BCUT2D eigenvalue weighted by molar-refractivity contribution is -0.118. The highest BCUT2D eigenvalue weighted by molar-refractivity contribution is 6.17. The Balaban J connectivity index is 1.43. The first kappa shape index (κ1) is 28.8. The fourth-order valence-electron chi connectivity index (χ4n) is 5.66. The molecule has 2 amide bonds. The van der Waals surface area contributed by atoms with E-state index in [9.17, 15) is 9.59 Å². The van der Waals surface area contributed by atoms with E-state index in [0.717, 1.165) is 43.8 Å². The van der Waals surface area contributed by atoms with Crippen LogP contribution in [-0.4, -0.2) is 23.9 Å². The monoisotopic (exact) mass is 578 g/mol. The van der Waals surface area contributed by atoms with Gasteiger partial charge in [-0.25, -0.2) is 0 Å². The van der Waals surface area contributed by atoms with Crippen LogP contribution in [0.1, 0.15) is 11.1 Å². The van der Waals surface area contributed by atoms with Crippen LogP contribution < -0.4 is 22.1 Å². The average molecular weight is 579 g/mol. The summed E-state index contributed by atoms with van der Waals surface area (Å²) in [4.78, 5) is 27.0. The van der Waals surface area contributed by atoms with Crippen LogP contribution in [0.5, 0.6) is 0 Å². The average Bonchev–Trinajstić information content (AvgIpc) is 3.05. The molecule has 218 valence electrons. The molecule has 0 radical (unpaired) electrons. The number of rotatable bonds is 9. The van der Waals surface area contributed by atoms with E-state index in [1.54, 1.807) is 0 Å². The molecule has 6 N–H and O–H groups in total. The van der Waals surface area contributed by atoms with Gasteiger partial charge in [0.05, 0.1) is 12.1 Å². The maximum Gasteiger partial charge on any atom is 0.241 e. The van der Waals surface area contributed by atoms with Gasteiger partial charge >= 0.3 is 0 Å². The molecule has 6 aromatic rings. The third-order valence-corrected chi connectivity index (χ3v) is 7.89. The van der Waals surface area contributed by atoms with Crippen LogP contribution in [0.4, 0.5) is 11.4 Å². The number of amides is 2. The number of nitrogens with two attached hydrogens (primary N) is 2. The molecule has 0 unspecified atom stereocenters. The van der Waals surface area contributed by atoms with Crippen LogP contribution in [-0.2, 0) is 22.4 Å². The van der Waals surface area contributed by atoms with Crippen molar-refractivity contribution in [1.29, 1.82) is 0 Å². The molecule has 6 rings (SSSR count). The highest BCUT2D eigenvalue weighted by Gasteiger charge is 2.23. The number of nitrogens with one attached hydrogen (secondary N) is 2. The minimum Gasteiger partial charge on any atom is -0.324 e. The predicted octanol–water partition coefficient (Wildman–Crippen LogP) is 6.68. The summed E-state index contributed by atoms with van der Waals surface area (Å²) in [6, 6.07) is 41.7. The Labute approximate surface area is 256 Å². The van der Waals surface area contributed by atoms with Crippen molar-refractivity contribution >= 4 is 44.7 Å². The molecule has 0 heterocycles. The first-order valence-electron chi connectivity index (χ1n) is 14.7. The van der Waals surface area contributed by atoms with Crippen LogP contribution in [0, 0.1) is 0 Å². The highest BCUT2D eigenvalue weighted by atomic mass is 16.2. The molecule has 0 saturated carbocycles. The van der Waals surface area contributed by atoms with Crippen molar-refractivity contribution in [2.75, 3.05) is 10.6 Å². The number of hydrogen-bond acceptors (Lipinski definition) is 4. The van der Waals surface area contributed by atoms with Crippen LogP contribution in [0.3, 0.4) is 0 Å². The molecule has 6 heteroatoms. The molecule has 0 aliphatic heterocycles. The molecule has 0 bridgehead atoms. The number of carbonyl (C=O) groups excluding carboxylic acids is 2. The van der Waals surface area contributed by atoms with E-state index in [4.69, 9.17) is 11.5 Å². The van der Waals surface area contributed by atoms with E-state index >= 15 is 0 Å². The summed E-state index contributed by atoms with van der Waals surface area (Å²) in [6.07, 6.45) is 0.814. The van der Waals surface area contributed by atoms with E-state index in [-0.39, 0.29) is 11.8 Å². The SMILES string of the molecule is N[C@@H](Cc1ccccc1)C(=O)Nc1ccc2ccccc2c1-c1c(NC(=O)[C@@H](N)Cc2ccccc2)ccc2ccccc12. The third kappa shape index (κ3) is 6.22. The summed E-state index contributed by atoms with van der Waals surface area (Å²) < 4.78 is 0. The first-order valence-corrected chi connectivity index (χ1v) is 14.7. The topological polar surface area (TPSA) is 110 Å². The van der Waals surface area contributed by atoms with Gasteiger partial charge in [0.25, 0.3) is 0 Å². The molecular weight excluding hydrogens is 544 g/mol.